The van der Waals surface area contributed by atoms with Gasteiger partial charge in [0.2, 0.25) is 5.91 Å². The number of amides is 1. The van der Waals surface area contributed by atoms with Gasteiger partial charge in [0.1, 0.15) is 28.8 Å². The third-order valence-corrected chi connectivity index (χ3v) is 6.60. The minimum Gasteiger partial charge on any atom is -0.390 e. The maximum Gasteiger partial charge on any atom is 0.235 e. The summed E-state index contributed by atoms with van der Waals surface area (Å²) in [5, 5.41) is 17.7. The Balaban J connectivity index is 1.68. The third-order valence-electron chi connectivity index (χ3n) is 6.60. The fourth-order valence-corrected chi connectivity index (χ4v) is 4.46. The van der Waals surface area contributed by atoms with E-state index in [-0.39, 0.29) is 65.1 Å². The number of hydrogen-bond acceptors (Lipinski definition) is 7. The maximum absolute atomic E-state index is 14.4. The fraction of sp³-hybridized carbons (Fsp3) is 0.333. The second-order valence-electron chi connectivity index (χ2n) is 10.6. The number of halogens is 2. The van der Waals surface area contributed by atoms with Gasteiger partial charge in [-0.05, 0) is 46.2 Å². The van der Waals surface area contributed by atoms with Crippen molar-refractivity contribution in [1.29, 1.82) is 0 Å². The van der Waals surface area contributed by atoms with Crippen LogP contribution < -0.4 is 5.32 Å². The van der Waals surface area contributed by atoms with Crippen molar-refractivity contribution < 1.29 is 23.5 Å². The molecular formula is C27H26F2N6O3. The van der Waals surface area contributed by atoms with Gasteiger partial charge in [0.15, 0.2) is 17.3 Å². The molecule has 0 radical (unpaired) electrons. The highest BCUT2D eigenvalue weighted by Crippen LogP contribution is 2.40. The Kier molecular flexibility index (Phi) is 6.06. The zero-order chi connectivity index (χ0) is 27.4. The van der Waals surface area contributed by atoms with Crippen molar-refractivity contribution in [3.8, 4) is 11.5 Å². The van der Waals surface area contributed by atoms with E-state index >= 15 is 0 Å². The number of carbonyl (C=O) groups is 2. The number of pyridine rings is 1. The van der Waals surface area contributed by atoms with Crippen LogP contribution >= 0.6 is 0 Å². The van der Waals surface area contributed by atoms with Crippen LogP contribution in [0.4, 0.5) is 14.6 Å². The monoisotopic (exact) mass is 520 g/mol. The molecule has 0 saturated heterocycles. The van der Waals surface area contributed by atoms with Crippen molar-refractivity contribution >= 4 is 28.5 Å². The van der Waals surface area contributed by atoms with Gasteiger partial charge < -0.3 is 10.4 Å². The summed E-state index contributed by atoms with van der Waals surface area (Å²) < 4.78 is 30.1. The Morgan fingerprint density at radius 3 is 2.63 bits per heavy atom. The Bertz CT molecular complexity index is 1610. The molecule has 196 valence electrons. The highest BCUT2D eigenvalue weighted by Gasteiger charge is 2.44. The number of nitrogens with zero attached hydrogens (tertiary/aromatic N) is 5. The smallest absolute Gasteiger partial charge is 0.235 e. The van der Waals surface area contributed by atoms with E-state index in [0.717, 1.165) is 6.20 Å². The van der Waals surface area contributed by atoms with Crippen LogP contribution in [0.25, 0.3) is 22.6 Å². The number of anilines is 1. The summed E-state index contributed by atoms with van der Waals surface area (Å²) >= 11 is 0. The number of benzene rings is 1. The molecule has 1 amide bonds. The number of ketones is 1. The normalized spacial score (nSPS) is 14.6. The number of nitrogens with one attached hydrogen (secondary N) is 1. The Hall–Kier alpha value is -4.12. The summed E-state index contributed by atoms with van der Waals surface area (Å²) in [5.41, 5.74) is -1.03. The van der Waals surface area contributed by atoms with E-state index in [2.05, 4.69) is 25.4 Å². The molecule has 9 nitrogen and oxygen atoms in total. The molecule has 0 atom stereocenters. The van der Waals surface area contributed by atoms with Gasteiger partial charge in [0, 0.05) is 17.5 Å². The lowest BCUT2D eigenvalue weighted by atomic mass is 9.84. The van der Waals surface area contributed by atoms with Gasteiger partial charge >= 0.3 is 0 Å². The lowest BCUT2D eigenvalue weighted by Crippen LogP contribution is -2.29. The minimum atomic E-state index is -1.08. The molecule has 0 spiro atoms. The average Bonchev–Trinajstić information content (AvgIpc) is 3.31. The molecule has 1 aliphatic heterocycles. The van der Waals surface area contributed by atoms with Crippen molar-refractivity contribution in [2.45, 2.75) is 58.1 Å². The molecule has 3 aromatic heterocycles. The SMILES string of the molecule is CC(C)(O)CCC(=O)c1nc(-c2nn(Cc3ccccc3F)c3ncc(F)cc23)nc2c1C(C)(C)C(=O)N2. The molecule has 4 heterocycles. The third kappa shape index (κ3) is 4.53. The second-order valence-corrected chi connectivity index (χ2v) is 10.6. The van der Waals surface area contributed by atoms with Gasteiger partial charge in [-0.1, -0.05) is 18.2 Å². The summed E-state index contributed by atoms with van der Waals surface area (Å²) in [4.78, 5) is 39.3. The Morgan fingerprint density at radius 2 is 1.92 bits per heavy atom. The first-order chi connectivity index (χ1) is 17.8. The molecule has 0 saturated carbocycles. The zero-order valence-electron chi connectivity index (χ0n) is 21.3. The van der Waals surface area contributed by atoms with Crippen molar-refractivity contribution in [3.63, 3.8) is 0 Å². The quantitative estimate of drug-likeness (QED) is 0.351. The van der Waals surface area contributed by atoms with E-state index in [9.17, 15) is 23.5 Å². The number of hydrogen-bond donors (Lipinski definition) is 2. The minimum absolute atomic E-state index is 0.00782. The number of aliphatic hydroxyl groups is 1. The van der Waals surface area contributed by atoms with Gasteiger partial charge in [-0.3, -0.25) is 9.59 Å². The molecule has 5 rings (SSSR count). The van der Waals surface area contributed by atoms with E-state index in [4.69, 9.17) is 0 Å². The van der Waals surface area contributed by atoms with Crippen LogP contribution in [-0.2, 0) is 16.8 Å². The van der Waals surface area contributed by atoms with Crippen LogP contribution in [0.2, 0.25) is 0 Å². The lowest BCUT2D eigenvalue weighted by molar-refractivity contribution is -0.119. The van der Waals surface area contributed by atoms with Crippen molar-refractivity contribution in [3.05, 3.63) is 65.0 Å². The molecule has 0 bridgehead atoms. The number of carbonyl (C=O) groups excluding carboxylic acids is 2. The largest absolute Gasteiger partial charge is 0.390 e. The van der Waals surface area contributed by atoms with Crippen molar-refractivity contribution in [2.75, 3.05) is 5.32 Å². The first-order valence-electron chi connectivity index (χ1n) is 12.1. The van der Waals surface area contributed by atoms with Gasteiger partial charge in [0.05, 0.1) is 29.1 Å². The van der Waals surface area contributed by atoms with Gasteiger partial charge in [-0.15, -0.1) is 0 Å². The number of rotatable bonds is 7. The molecule has 0 aliphatic carbocycles. The highest BCUT2D eigenvalue weighted by atomic mass is 19.1. The van der Waals surface area contributed by atoms with E-state index in [1.807, 2.05) is 0 Å². The van der Waals surface area contributed by atoms with E-state index in [1.165, 1.54) is 16.8 Å². The van der Waals surface area contributed by atoms with Crippen molar-refractivity contribution in [2.24, 2.45) is 0 Å². The summed E-state index contributed by atoms with van der Waals surface area (Å²) in [6.07, 6.45) is 1.19. The summed E-state index contributed by atoms with van der Waals surface area (Å²) in [7, 11) is 0. The Labute approximate surface area is 217 Å². The zero-order valence-corrected chi connectivity index (χ0v) is 21.3. The summed E-state index contributed by atoms with van der Waals surface area (Å²) in [6, 6.07) is 7.42. The van der Waals surface area contributed by atoms with Crippen LogP contribution in [0.15, 0.2) is 36.5 Å². The first kappa shape index (κ1) is 25.5. The second kappa shape index (κ2) is 9.02. The molecule has 1 aliphatic rings. The Morgan fingerprint density at radius 1 is 1.18 bits per heavy atom. The van der Waals surface area contributed by atoms with Gasteiger partial charge in [-0.2, -0.15) is 5.10 Å². The molecule has 0 unspecified atom stereocenters. The predicted molar refractivity (Wildman–Crippen MR) is 136 cm³/mol. The lowest BCUT2D eigenvalue weighted by Gasteiger charge is -2.19. The number of aromatic nitrogens is 5. The number of Topliss-reactive ketones (excluding diaryl/α,β-unsaturated/α-hetero) is 1. The number of fused-ring (bicyclic) bond motifs is 2. The summed E-state index contributed by atoms with van der Waals surface area (Å²) in [6.45, 7) is 6.54. The van der Waals surface area contributed by atoms with Crippen molar-refractivity contribution in [1.82, 2.24) is 24.7 Å². The fourth-order valence-electron chi connectivity index (χ4n) is 4.46. The molecule has 0 fully saturated rings. The topological polar surface area (TPSA) is 123 Å². The molecule has 38 heavy (non-hydrogen) atoms. The highest BCUT2D eigenvalue weighted by molar-refractivity contribution is 6.09. The molecular weight excluding hydrogens is 494 g/mol. The van der Waals surface area contributed by atoms with Crippen LogP contribution in [0.5, 0.6) is 0 Å². The average molecular weight is 521 g/mol. The molecule has 1 aromatic carbocycles. The van der Waals surface area contributed by atoms with Gasteiger partial charge in [0.25, 0.3) is 0 Å². The molecule has 4 aromatic rings. The predicted octanol–water partition coefficient (Wildman–Crippen LogP) is 4.18. The standard InChI is InChI=1S/C27H26F2N6O3/c1-26(2,38)10-9-18(36)21-19-22(33-25(37)27(19,3)4)32-23(31-21)20-16-11-15(28)12-30-24(16)35(34-20)13-14-7-5-6-8-17(14)29/h5-8,11-12,38H,9-10,13H2,1-4H3,(H,31,32,33,37). The van der Waals surface area contributed by atoms with Crippen LogP contribution in [0, 0.1) is 11.6 Å². The van der Waals surface area contributed by atoms with E-state index in [1.54, 1.807) is 45.9 Å². The first-order valence-corrected chi connectivity index (χ1v) is 12.1. The van der Waals surface area contributed by atoms with Crippen LogP contribution in [0.1, 0.15) is 62.2 Å². The molecule has 11 heteroatoms. The van der Waals surface area contributed by atoms with Gasteiger partial charge in [-0.25, -0.2) is 28.4 Å². The van der Waals surface area contributed by atoms with Crippen LogP contribution in [-0.4, -0.2) is 47.1 Å². The van der Waals surface area contributed by atoms with E-state index < -0.39 is 22.7 Å². The maximum atomic E-state index is 14.4. The molecule has 2 N–H and O–H groups in total. The van der Waals surface area contributed by atoms with Crippen LogP contribution in [0.3, 0.4) is 0 Å². The summed E-state index contributed by atoms with van der Waals surface area (Å²) in [5.74, 6) is -1.63. The van der Waals surface area contributed by atoms with E-state index in [0.29, 0.717) is 11.1 Å².